The van der Waals surface area contributed by atoms with E-state index in [4.69, 9.17) is 0 Å². The van der Waals surface area contributed by atoms with Gasteiger partial charge in [0.1, 0.15) is 20.2 Å². The molecule has 0 saturated heterocycles. The van der Waals surface area contributed by atoms with Crippen molar-refractivity contribution >= 4 is 32.4 Å². The molecule has 0 bridgehead atoms. The molecule has 0 unspecified atom stereocenters. The van der Waals surface area contributed by atoms with E-state index in [1.165, 1.54) is 12.2 Å². The fourth-order valence-electron chi connectivity index (χ4n) is 1.45. The maximum absolute atomic E-state index is 10.2. The molecule has 0 N–H and O–H groups in total. The van der Waals surface area contributed by atoms with Crippen LogP contribution < -0.4 is 80.9 Å². The summed E-state index contributed by atoms with van der Waals surface area (Å²) in [6.07, 6.45) is 2.53. The van der Waals surface area contributed by atoms with Crippen LogP contribution in [0, 0.1) is 0 Å². The zero-order chi connectivity index (χ0) is 18.1. The minimum Gasteiger partial charge on any atom is -0.744 e. The normalized spacial score (nSPS) is 11.2. The molecule has 0 aliphatic rings. The molecule has 0 fully saturated rings. The summed E-state index contributed by atoms with van der Waals surface area (Å²) in [7, 11) is -8.51. The minimum atomic E-state index is -4.25. The van der Waals surface area contributed by atoms with Gasteiger partial charge in [-0.05, 0) is 23.3 Å². The Bertz CT molecular complexity index is 819. The molecule has 0 aliphatic heterocycles. The molecule has 0 aromatic heterocycles. The molecule has 0 amide bonds. The predicted octanol–water partition coefficient (Wildman–Crippen LogP) is -3.59. The summed E-state index contributed by atoms with van der Waals surface area (Å²) in [6, 6.07) is 17.5. The summed E-state index contributed by atoms with van der Waals surface area (Å²) in [6.45, 7) is 0. The maximum atomic E-state index is 10.2. The summed E-state index contributed by atoms with van der Waals surface area (Å²) >= 11 is 0. The average Bonchev–Trinajstić information content (AvgIpc) is 2.52. The first kappa shape index (κ1) is 28.6. The molecule has 0 atom stereocenters. The van der Waals surface area contributed by atoms with Gasteiger partial charge in [0.05, 0.1) is 0 Å². The second-order valence-electron chi connectivity index (χ2n) is 4.41. The van der Waals surface area contributed by atoms with E-state index in [0.717, 1.165) is 0 Å². The average molecular weight is 429 g/mol. The number of rotatable bonds is 4. The van der Waals surface area contributed by atoms with Crippen LogP contribution in [0.4, 0.5) is 0 Å². The van der Waals surface area contributed by atoms with Gasteiger partial charge in [0.15, 0.2) is 0 Å². The van der Waals surface area contributed by atoms with E-state index < -0.39 is 20.2 Å². The summed E-state index contributed by atoms with van der Waals surface area (Å²) < 4.78 is 61.0. The second kappa shape index (κ2) is 14.4. The molecule has 0 saturated carbocycles. The van der Waals surface area contributed by atoms with Crippen molar-refractivity contribution in [1.82, 2.24) is 0 Å². The van der Waals surface area contributed by atoms with Gasteiger partial charge >= 0.3 is 80.9 Å². The van der Waals surface area contributed by atoms with Gasteiger partial charge in [-0.15, -0.1) is 0 Å². The third-order valence-corrected chi connectivity index (χ3v) is 3.39. The Morgan fingerprint density at radius 2 is 0.885 bits per heavy atom. The number of hydrogen-bond acceptors (Lipinski definition) is 6. The molecule has 2 aromatic rings. The molecule has 128 valence electrons. The molecule has 10 heteroatoms. The molecule has 0 aliphatic carbocycles. The van der Waals surface area contributed by atoms with Crippen molar-refractivity contribution in [1.29, 1.82) is 0 Å². The molecule has 2 aromatic carbocycles. The van der Waals surface area contributed by atoms with Crippen molar-refractivity contribution in [3.63, 3.8) is 0 Å². The van der Waals surface area contributed by atoms with Crippen LogP contribution in [0.3, 0.4) is 0 Å². The van der Waals surface area contributed by atoms with E-state index in [0.29, 0.717) is 21.9 Å². The first-order valence-electron chi connectivity index (χ1n) is 6.54. The van der Waals surface area contributed by atoms with Gasteiger partial charge < -0.3 is 9.11 Å². The van der Waals surface area contributed by atoms with Gasteiger partial charge in [-0.2, -0.15) is 0 Å². The number of hydrogen-bond donors (Lipinski definition) is 0. The van der Waals surface area contributed by atoms with E-state index in [1.807, 2.05) is 12.1 Å². The Morgan fingerprint density at radius 3 is 1.12 bits per heavy atom. The smallest absolute Gasteiger partial charge is 0.744 e. The van der Waals surface area contributed by atoms with E-state index in [9.17, 15) is 25.9 Å². The van der Waals surface area contributed by atoms with E-state index in [2.05, 4.69) is 0 Å². The van der Waals surface area contributed by atoms with Crippen LogP contribution >= 0.6 is 0 Å². The van der Waals surface area contributed by atoms with Gasteiger partial charge in [0.2, 0.25) is 0 Å². The maximum Gasteiger partial charge on any atom is 1.00 e. The Balaban J connectivity index is 0. The Labute approximate surface area is 218 Å². The van der Waals surface area contributed by atoms with Crippen LogP contribution in [0.25, 0.3) is 12.2 Å². The molecule has 0 spiro atoms. The Morgan fingerprint density at radius 1 is 0.615 bits per heavy atom. The molecular weight excluding hydrogens is 414 g/mol. The summed E-state index contributed by atoms with van der Waals surface area (Å²) in [5.41, 5.74) is 1.38. The Kier molecular flexibility index (Phi) is 15.8. The van der Waals surface area contributed by atoms with Crippen molar-refractivity contribution in [2.24, 2.45) is 0 Å². The van der Waals surface area contributed by atoms with Crippen molar-refractivity contribution in [3.05, 3.63) is 82.6 Å². The molecular formula is C16H14KNaO6S2. The third kappa shape index (κ3) is 16.5. The summed E-state index contributed by atoms with van der Waals surface area (Å²) in [5.74, 6) is 0. The second-order valence-corrected chi connectivity index (χ2v) is 6.93. The monoisotopic (exact) mass is 428 g/mol. The molecule has 0 radical (unpaired) electrons. The van der Waals surface area contributed by atoms with Crippen LogP contribution in [0.5, 0.6) is 0 Å². The first-order valence-corrected chi connectivity index (χ1v) is 9.48. The van der Waals surface area contributed by atoms with Crippen LogP contribution in [-0.4, -0.2) is 25.9 Å². The zero-order valence-electron chi connectivity index (χ0n) is 14.3. The fourth-order valence-corrected chi connectivity index (χ4v) is 2.10. The SMILES string of the molecule is O=S(=O)([O-])C=Cc1ccccc1.O=S(=O)([O-])C=Cc1ccccc1.[K+].[Na+]. The summed E-state index contributed by atoms with van der Waals surface area (Å²) in [4.78, 5) is 0. The topological polar surface area (TPSA) is 114 Å². The van der Waals surface area contributed by atoms with Gasteiger partial charge in [0.25, 0.3) is 0 Å². The van der Waals surface area contributed by atoms with Gasteiger partial charge in [-0.25, -0.2) is 16.8 Å². The molecule has 6 nitrogen and oxygen atoms in total. The minimum absolute atomic E-state index is 0. The number of benzene rings is 2. The van der Waals surface area contributed by atoms with E-state index >= 15 is 0 Å². The third-order valence-electron chi connectivity index (χ3n) is 2.45. The van der Waals surface area contributed by atoms with Crippen molar-refractivity contribution in [3.8, 4) is 0 Å². The van der Waals surface area contributed by atoms with Gasteiger partial charge in [0, 0.05) is 10.8 Å². The van der Waals surface area contributed by atoms with Crippen molar-refractivity contribution < 1.29 is 107 Å². The van der Waals surface area contributed by atoms with Crippen molar-refractivity contribution in [2.75, 3.05) is 0 Å². The van der Waals surface area contributed by atoms with Crippen LogP contribution in [-0.2, 0) is 20.2 Å². The van der Waals surface area contributed by atoms with Gasteiger partial charge in [-0.1, -0.05) is 60.7 Å². The predicted molar refractivity (Wildman–Crippen MR) is 90.3 cm³/mol. The molecule has 0 heterocycles. The van der Waals surface area contributed by atoms with E-state index in [1.54, 1.807) is 48.5 Å². The molecule has 26 heavy (non-hydrogen) atoms. The summed E-state index contributed by atoms with van der Waals surface area (Å²) in [5, 5.41) is 1.28. The molecule has 2 rings (SSSR count). The standard InChI is InChI=1S/2C8H8O3S.K.Na/c2*9-12(10,11)7-6-8-4-2-1-3-5-8;;/h2*1-7H,(H,9,10,11);;/q;;2*+1/p-2. The van der Waals surface area contributed by atoms with Crippen LogP contribution in [0.1, 0.15) is 11.1 Å². The van der Waals surface area contributed by atoms with E-state index in [-0.39, 0.29) is 80.9 Å². The largest absolute Gasteiger partial charge is 1.00 e. The zero-order valence-corrected chi connectivity index (χ0v) is 21.1. The fraction of sp³-hybridized carbons (Fsp3) is 0. The first-order chi connectivity index (χ1) is 11.2. The quantitative estimate of drug-likeness (QED) is 0.367. The van der Waals surface area contributed by atoms with Crippen LogP contribution in [0.2, 0.25) is 0 Å². The van der Waals surface area contributed by atoms with Crippen LogP contribution in [0.15, 0.2) is 71.5 Å². The Hall–Kier alpha value is 0.376. The van der Waals surface area contributed by atoms with Crippen molar-refractivity contribution in [2.45, 2.75) is 0 Å². The van der Waals surface area contributed by atoms with Gasteiger partial charge in [-0.3, -0.25) is 0 Å².